The molecule has 0 radical (unpaired) electrons. The van der Waals surface area contributed by atoms with Crippen molar-refractivity contribution in [3.8, 4) is 0 Å². The summed E-state index contributed by atoms with van der Waals surface area (Å²) in [5.74, 6) is 0.695. The first kappa shape index (κ1) is 10.5. The molecule has 1 rings (SSSR count). The molecule has 1 aromatic heterocycles. The summed E-state index contributed by atoms with van der Waals surface area (Å²) in [6.07, 6.45) is 0. The monoisotopic (exact) mass is 199 g/mol. The first-order chi connectivity index (χ1) is 6.08. The average molecular weight is 199 g/mol. The van der Waals surface area contributed by atoms with Gasteiger partial charge in [-0.3, -0.25) is 0 Å². The predicted octanol–water partition coefficient (Wildman–Crippen LogP) is 1.81. The van der Waals surface area contributed by atoms with Crippen LogP contribution in [0.5, 0.6) is 0 Å². The van der Waals surface area contributed by atoms with E-state index in [1.165, 1.54) is 11.3 Å². The molecule has 0 fully saturated rings. The molecule has 0 bridgehead atoms. The van der Waals surface area contributed by atoms with Crippen molar-refractivity contribution in [3.05, 3.63) is 11.1 Å². The van der Waals surface area contributed by atoms with E-state index in [0.717, 1.165) is 18.8 Å². The van der Waals surface area contributed by atoms with E-state index >= 15 is 0 Å². The Bertz CT molecular complexity index is 257. The maximum atomic E-state index is 5.54. The molecule has 0 saturated heterocycles. The summed E-state index contributed by atoms with van der Waals surface area (Å²) in [4.78, 5) is 6.48. The molecule has 74 valence electrons. The lowest BCUT2D eigenvalue weighted by atomic mass is 10.2. The molecule has 0 spiro atoms. The van der Waals surface area contributed by atoms with Crippen molar-refractivity contribution in [3.63, 3.8) is 0 Å². The molecular formula is C9H17N3S. The molecule has 0 atom stereocenters. The zero-order valence-corrected chi connectivity index (χ0v) is 9.27. The topological polar surface area (TPSA) is 42.1 Å². The number of thiazole rings is 1. The molecule has 1 heterocycles. The highest BCUT2D eigenvalue weighted by Gasteiger charge is 2.04. The van der Waals surface area contributed by atoms with E-state index in [9.17, 15) is 0 Å². The Kier molecular flexibility index (Phi) is 3.69. The zero-order valence-electron chi connectivity index (χ0n) is 8.45. The van der Waals surface area contributed by atoms with Crippen LogP contribution in [0.25, 0.3) is 0 Å². The highest BCUT2D eigenvalue weighted by Crippen LogP contribution is 2.12. The Morgan fingerprint density at radius 3 is 2.77 bits per heavy atom. The van der Waals surface area contributed by atoms with Crippen molar-refractivity contribution in [2.45, 2.75) is 20.4 Å². The summed E-state index contributed by atoms with van der Waals surface area (Å²) in [5, 5.41) is 2.68. The third kappa shape index (κ3) is 3.74. The van der Waals surface area contributed by atoms with Gasteiger partial charge < -0.3 is 10.6 Å². The van der Waals surface area contributed by atoms with Crippen molar-refractivity contribution in [2.75, 3.05) is 19.3 Å². The Labute approximate surface area is 83.6 Å². The van der Waals surface area contributed by atoms with Gasteiger partial charge in [-0.05, 0) is 13.0 Å². The normalized spacial score (nSPS) is 11.5. The van der Waals surface area contributed by atoms with Crippen molar-refractivity contribution < 1.29 is 0 Å². The van der Waals surface area contributed by atoms with Crippen molar-refractivity contribution in [2.24, 2.45) is 5.92 Å². The molecule has 1 aromatic rings. The molecule has 4 heteroatoms. The lowest BCUT2D eigenvalue weighted by Gasteiger charge is -2.17. The molecule has 0 unspecified atom stereocenters. The standard InChI is InChI=1S/C9H17N3S/c1-7(2)4-12(3)5-8-6-13-9(10)11-8/h6-7H,4-5H2,1-3H3,(H2,10,11). The zero-order chi connectivity index (χ0) is 9.84. The van der Waals surface area contributed by atoms with Gasteiger partial charge in [-0.15, -0.1) is 11.3 Å². The van der Waals surface area contributed by atoms with Crippen molar-refractivity contribution in [1.82, 2.24) is 9.88 Å². The highest BCUT2D eigenvalue weighted by molar-refractivity contribution is 7.13. The fraction of sp³-hybridized carbons (Fsp3) is 0.667. The lowest BCUT2D eigenvalue weighted by Crippen LogP contribution is -2.22. The molecule has 0 aliphatic carbocycles. The van der Waals surface area contributed by atoms with Gasteiger partial charge in [0.05, 0.1) is 5.69 Å². The number of aromatic nitrogens is 1. The third-order valence-electron chi connectivity index (χ3n) is 1.68. The van der Waals surface area contributed by atoms with Crippen LogP contribution in [-0.2, 0) is 6.54 Å². The maximum absolute atomic E-state index is 5.54. The lowest BCUT2D eigenvalue weighted by molar-refractivity contribution is 0.286. The van der Waals surface area contributed by atoms with Gasteiger partial charge in [0.1, 0.15) is 0 Å². The summed E-state index contributed by atoms with van der Waals surface area (Å²) in [5.41, 5.74) is 6.62. The molecule has 13 heavy (non-hydrogen) atoms. The summed E-state index contributed by atoms with van der Waals surface area (Å²) < 4.78 is 0. The summed E-state index contributed by atoms with van der Waals surface area (Å²) in [6, 6.07) is 0. The van der Waals surface area contributed by atoms with Crippen LogP contribution in [0.15, 0.2) is 5.38 Å². The first-order valence-electron chi connectivity index (χ1n) is 4.46. The SMILES string of the molecule is CC(C)CN(C)Cc1csc(N)n1. The van der Waals surface area contributed by atoms with Crippen LogP contribution >= 0.6 is 11.3 Å². The number of hydrogen-bond acceptors (Lipinski definition) is 4. The fourth-order valence-corrected chi connectivity index (χ4v) is 1.91. The van der Waals surface area contributed by atoms with E-state index < -0.39 is 0 Å². The molecular weight excluding hydrogens is 182 g/mol. The number of rotatable bonds is 4. The number of nitrogens with two attached hydrogens (primary N) is 1. The highest BCUT2D eigenvalue weighted by atomic mass is 32.1. The first-order valence-corrected chi connectivity index (χ1v) is 5.34. The van der Waals surface area contributed by atoms with Gasteiger partial charge in [-0.1, -0.05) is 13.8 Å². The largest absolute Gasteiger partial charge is 0.375 e. The Morgan fingerprint density at radius 2 is 2.31 bits per heavy atom. The van der Waals surface area contributed by atoms with Crippen molar-refractivity contribution in [1.29, 1.82) is 0 Å². The Morgan fingerprint density at radius 1 is 1.62 bits per heavy atom. The molecule has 3 nitrogen and oxygen atoms in total. The van der Waals surface area contributed by atoms with Crippen LogP contribution in [0.3, 0.4) is 0 Å². The van der Waals surface area contributed by atoms with Crippen LogP contribution in [0.4, 0.5) is 5.13 Å². The van der Waals surface area contributed by atoms with E-state index in [2.05, 4.69) is 30.8 Å². The van der Waals surface area contributed by atoms with Crippen LogP contribution in [0.2, 0.25) is 0 Å². The average Bonchev–Trinajstić information content (AvgIpc) is 2.33. The van der Waals surface area contributed by atoms with Crippen LogP contribution in [-0.4, -0.2) is 23.5 Å². The van der Waals surface area contributed by atoms with Crippen LogP contribution in [0.1, 0.15) is 19.5 Å². The third-order valence-corrected chi connectivity index (χ3v) is 2.40. The van der Waals surface area contributed by atoms with Gasteiger partial charge in [0, 0.05) is 18.5 Å². The summed E-state index contributed by atoms with van der Waals surface area (Å²) >= 11 is 1.51. The van der Waals surface area contributed by atoms with E-state index in [4.69, 9.17) is 5.73 Å². The molecule has 0 aliphatic rings. The fourth-order valence-electron chi connectivity index (χ4n) is 1.36. The van der Waals surface area contributed by atoms with Crippen molar-refractivity contribution >= 4 is 16.5 Å². The second-order valence-corrected chi connectivity index (χ2v) is 4.66. The molecule has 2 N–H and O–H groups in total. The van der Waals surface area contributed by atoms with E-state index in [0.29, 0.717) is 11.0 Å². The summed E-state index contributed by atoms with van der Waals surface area (Å²) in [7, 11) is 2.11. The minimum Gasteiger partial charge on any atom is -0.375 e. The van der Waals surface area contributed by atoms with Crippen LogP contribution < -0.4 is 5.73 Å². The number of anilines is 1. The molecule has 0 saturated carbocycles. The smallest absolute Gasteiger partial charge is 0.180 e. The second kappa shape index (κ2) is 4.58. The molecule has 0 amide bonds. The van der Waals surface area contributed by atoms with E-state index in [1.54, 1.807) is 0 Å². The Hall–Kier alpha value is -0.610. The second-order valence-electron chi connectivity index (χ2n) is 3.77. The van der Waals surface area contributed by atoms with Gasteiger partial charge in [-0.25, -0.2) is 4.98 Å². The number of nitrogen functional groups attached to an aromatic ring is 1. The van der Waals surface area contributed by atoms with E-state index in [-0.39, 0.29) is 0 Å². The van der Waals surface area contributed by atoms with E-state index in [1.807, 2.05) is 5.38 Å². The molecule has 0 aliphatic heterocycles. The van der Waals surface area contributed by atoms with Gasteiger partial charge in [0.25, 0.3) is 0 Å². The maximum Gasteiger partial charge on any atom is 0.180 e. The van der Waals surface area contributed by atoms with Crippen LogP contribution in [0, 0.1) is 5.92 Å². The number of nitrogens with zero attached hydrogens (tertiary/aromatic N) is 2. The van der Waals surface area contributed by atoms with Gasteiger partial charge >= 0.3 is 0 Å². The predicted molar refractivity (Wildman–Crippen MR) is 57.7 cm³/mol. The summed E-state index contributed by atoms with van der Waals surface area (Å²) in [6.45, 7) is 6.42. The minimum absolute atomic E-state index is 0.660. The Balaban J connectivity index is 2.40. The minimum atomic E-state index is 0.660. The van der Waals surface area contributed by atoms with Gasteiger partial charge in [0.2, 0.25) is 0 Å². The quantitative estimate of drug-likeness (QED) is 0.804. The number of hydrogen-bond donors (Lipinski definition) is 1. The van der Waals surface area contributed by atoms with Gasteiger partial charge in [-0.2, -0.15) is 0 Å². The van der Waals surface area contributed by atoms with Gasteiger partial charge in [0.15, 0.2) is 5.13 Å². The molecule has 0 aromatic carbocycles.